The minimum Gasteiger partial charge on any atom is -0.468 e. The Kier molecular flexibility index (Phi) is 3.76. The Hall–Kier alpha value is -2.00. The molecule has 1 aliphatic heterocycles. The van der Waals surface area contributed by atoms with Crippen LogP contribution >= 0.6 is 0 Å². The van der Waals surface area contributed by atoms with E-state index in [0.717, 1.165) is 6.07 Å². The number of ether oxygens (including phenoxy) is 1. The molecular weight excluding hydrogens is 254 g/mol. The van der Waals surface area contributed by atoms with Crippen LogP contribution in [0.3, 0.4) is 0 Å². The van der Waals surface area contributed by atoms with E-state index < -0.39 is 35.6 Å². The van der Waals surface area contributed by atoms with Gasteiger partial charge in [0, 0.05) is 5.56 Å². The van der Waals surface area contributed by atoms with Gasteiger partial charge in [-0.2, -0.15) is 5.26 Å². The van der Waals surface area contributed by atoms with Crippen molar-refractivity contribution >= 4 is 5.97 Å². The lowest BCUT2D eigenvalue weighted by molar-refractivity contribution is -0.142. The number of rotatable bonds is 2. The fourth-order valence-electron chi connectivity index (χ4n) is 2.29. The van der Waals surface area contributed by atoms with Crippen LogP contribution in [0.2, 0.25) is 0 Å². The van der Waals surface area contributed by atoms with E-state index in [4.69, 9.17) is 5.26 Å². The quantitative estimate of drug-likeness (QED) is 0.827. The van der Waals surface area contributed by atoms with Crippen molar-refractivity contribution in [1.82, 2.24) is 5.32 Å². The van der Waals surface area contributed by atoms with Crippen molar-refractivity contribution in [1.29, 1.82) is 5.26 Å². The Morgan fingerprint density at radius 2 is 2.26 bits per heavy atom. The SMILES string of the molecule is COC(=O)[C@@H]1C[C@H](C#N)[C@H](c2cccc(F)c2F)N1. The van der Waals surface area contributed by atoms with Gasteiger partial charge in [-0.15, -0.1) is 0 Å². The minimum absolute atomic E-state index is 0.0537. The number of methoxy groups -OCH3 is 1. The number of carbonyl (C=O) groups is 1. The topological polar surface area (TPSA) is 62.1 Å². The average Bonchev–Trinajstić information content (AvgIpc) is 2.85. The molecule has 3 atom stereocenters. The van der Waals surface area contributed by atoms with E-state index in [2.05, 4.69) is 10.1 Å². The highest BCUT2D eigenvalue weighted by molar-refractivity contribution is 5.76. The zero-order valence-electron chi connectivity index (χ0n) is 10.2. The molecule has 100 valence electrons. The zero-order valence-corrected chi connectivity index (χ0v) is 10.2. The van der Waals surface area contributed by atoms with Crippen molar-refractivity contribution in [2.75, 3.05) is 7.11 Å². The maximum atomic E-state index is 13.7. The second kappa shape index (κ2) is 5.33. The molecule has 1 aromatic carbocycles. The van der Waals surface area contributed by atoms with Gasteiger partial charge in [-0.25, -0.2) is 8.78 Å². The van der Waals surface area contributed by atoms with Crippen molar-refractivity contribution in [3.63, 3.8) is 0 Å². The molecule has 0 amide bonds. The smallest absolute Gasteiger partial charge is 0.322 e. The van der Waals surface area contributed by atoms with Gasteiger partial charge in [0.15, 0.2) is 11.6 Å². The maximum absolute atomic E-state index is 13.7. The number of nitrogens with one attached hydrogen (secondary N) is 1. The number of esters is 1. The monoisotopic (exact) mass is 266 g/mol. The number of benzene rings is 1. The first-order valence-corrected chi connectivity index (χ1v) is 5.76. The van der Waals surface area contributed by atoms with Crippen LogP contribution < -0.4 is 5.32 Å². The molecule has 6 heteroatoms. The summed E-state index contributed by atoms with van der Waals surface area (Å²) in [6.45, 7) is 0. The van der Waals surface area contributed by atoms with Crippen LogP contribution in [0.4, 0.5) is 8.78 Å². The molecule has 0 unspecified atom stereocenters. The molecule has 1 aliphatic rings. The molecule has 1 saturated heterocycles. The summed E-state index contributed by atoms with van der Waals surface area (Å²) in [6.07, 6.45) is 0.212. The molecule has 1 fully saturated rings. The summed E-state index contributed by atoms with van der Waals surface area (Å²) in [4.78, 5) is 11.4. The Bertz CT molecular complexity index is 542. The van der Waals surface area contributed by atoms with Crippen LogP contribution in [-0.2, 0) is 9.53 Å². The van der Waals surface area contributed by atoms with E-state index in [9.17, 15) is 13.6 Å². The summed E-state index contributed by atoms with van der Waals surface area (Å²) in [6, 6.07) is 4.39. The number of nitriles is 1. The third-order valence-corrected chi connectivity index (χ3v) is 3.24. The highest BCUT2D eigenvalue weighted by Crippen LogP contribution is 2.34. The third-order valence-electron chi connectivity index (χ3n) is 3.24. The highest BCUT2D eigenvalue weighted by Gasteiger charge is 2.40. The van der Waals surface area contributed by atoms with Gasteiger partial charge in [-0.05, 0) is 12.5 Å². The van der Waals surface area contributed by atoms with Crippen LogP contribution in [0, 0.1) is 28.9 Å². The van der Waals surface area contributed by atoms with E-state index in [0.29, 0.717) is 0 Å². The van der Waals surface area contributed by atoms with E-state index in [1.54, 1.807) is 0 Å². The summed E-state index contributed by atoms with van der Waals surface area (Å²) < 4.78 is 31.5. The molecule has 4 nitrogen and oxygen atoms in total. The predicted octanol–water partition coefficient (Wildman–Crippen LogP) is 1.68. The molecule has 0 spiro atoms. The van der Waals surface area contributed by atoms with Crippen LogP contribution in [0.25, 0.3) is 0 Å². The Morgan fingerprint density at radius 3 is 2.89 bits per heavy atom. The molecule has 2 rings (SSSR count). The molecule has 1 N–H and O–H groups in total. The molecule has 0 saturated carbocycles. The van der Waals surface area contributed by atoms with Crippen LogP contribution in [0.5, 0.6) is 0 Å². The molecule has 0 aromatic heterocycles. The Labute approximate surface area is 109 Å². The van der Waals surface area contributed by atoms with Gasteiger partial charge in [-0.3, -0.25) is 10.1 Å². The van der Waals surface area contributed by atoms with Crippen molar-refractivity contribution < 1.29 is 18.3 Å². The predicted molar refractivity (Wildman–Crippen MR) is 61.8 cm³/mol. The zero-order chi connectivity index (χ0) is 14.0. The molecule has 19 heavy (non-hydrogen) atoms. The van der Waals surface area contributed by atoms with Crippen LogP contribution in [-0.4, -0.2) is 19.1 Å². The molecular formula is C13H12F2N2O2. The van der Waals surface area contributed by atoms with Gasteiger partial charge in [-0.1, -0.05) is 12.1 Å². The van der Waals surface area contributed by atoms with E-state index in [-0.39, 0.29) is 12.0 Å². The molecule has 0 radical (unpaired) electrons. The lowest BCUT2D eigenvalue weighted by Gasteiger charge is -2.16. The first-order valence-electron chi connectivity index (χ1n) is 5.76. The van der Waals surface area contributed by atoms with Gasteiger partial charge in [0.1, 0.15) is 6.04 Å². The molecule has 1 aromatic rings. The summed E-state index contributed by atoms with van der Waals surface area (Å²) in [7, 11) is 1.24. The summed E-state index contributed by atoms with van der Waals surface area (Å²) in [5.41, 5.74) is 0.0537. The summed E-state index contributed by atoms with van der Waals surface area (Å²) in [5.74, 6) is -3.09. The number of hydrogen-bond acceptors (Lipinski definition) is 4. The molecule has 0 bridgehead atoms. The van der Waals surface area contributed by atoms with E-state index in [1.165, 1.54) is 19.2 Å². The Morgan fingerprint density at radius 1 is 1.53 bits per heavy atom. The largest absolute Gasteiger partial charge is 0.468 e. The highest BCUT2D eigenvalue weighted by atomic mass is 19.2. The second-order valence-electron chi connectivity index (χ2n) is 4.33. The Balaban J connectivity index is 2.31. The van der Waals surface area contributed by atoms with Crippen molar-refractivity contribution in [3.05, 3.63) is 35.4 Å². The number of halogens is 2. The number of carbonyl (C=O) groups excluding carboxylic acids is 1. The minimum atomic E-state index is -0.995. The van der Waals surface area contributed by atoms with Crippen LogP contribution in [0.1, 0.15) is 18.0 Å². The maximum Gasteiger partial charge on any atom is 0.322 e. The molecule has 0 aliphatic carbocycles. The van der Waals surface area contributed by atoms with Gasteiger partial charge in [0.05, 0.1) is 25.1 Å². The van der Waals surface area contributed by atoms with Crippen molar-refractivity contribution in [3.8, 4) is 6.07 Å². The number of nitrogens with zero attached hydrogens (tertiary/aromatic N) is 1. The summed E-state index contributed by atoms with van der Waals surface area (Å²) in [5, 5.41) is 11.9. The van der Waals surface area contributed by atoms with Gasteiger partial charge in [0.2, 0.25) is 0 Å². The number of hydrogen-bond donors (Lipinski definition) is 1. The van der Waals surface area contributed by atoms with E-state index in [1.807, 2.05) is 6.07 Å². The molecule has 1 heterocycles. The van der Waals surface area contributed by atoms with Crippen LogP contribution in [0.15, 0.2) is 18.2 Å². The summed E-state index contributed by atoms with van der Waals surface area (Å²) >= 11 is 0. The van der Waals surface area contributed by atoms with Gasteiger partial charge in [0.25, 0.3) is 0 Å². The standard InChI is InChI=1S/C13H12F2N2O2/c1-19-13(18)10-5-7(6-16)12(17-10)8-3-2-4-9(14)11(8)15/h2-4,7,10,12,17H,5H2,1H3/t7-,10+,12-/m1/s1. The lowest BCUT2D eigenvalue weighted by atomic mass is 9.94. The van der Waals surface area contributed by atoms with Gasteiger partial charge >= 0.3 is 5.97 Å². The fourth-order valence-corrected chi connectivity index (χ4v) is 2.29. The van der Waals surface area contributed by atoms with Gasteiger partial charge < -0.3 is 4.74 Å². The first kappa shape index (κ1) is 13.4. The average molecular weight is 266 g/mol. The van der Waals surface area contributed by atoms with E-state index >= 15 is 0 Å². The third kappa shape index (κ3) is 2.42. The van der Waals surface area contributed by atoms with Crippen molar-refractivity contribution in [2.45, 2.75) is 18.5 Å². The first-order chi connectivity index (χ1) is 9.08. The fraction of sp³-hybridized carbons (Fsp3) is 0.385. The van der Waals surface area contributed by atoms with Crippen molar-refractivity contribution in [2.24, 2.45) is 5.92 Å². The lowest BCUT2D eigenvalue weighted by Crippen LogP contribution is -2.33. The normalized spacial score (nSPS) is 25.9. The second-order valence-corrected chi connectivity index (χ2v) is 4.33.